The molecule has 0 atom stereocenters. The lowest BCUT2D eigenvalue weighted by Gasteiger charge is -2.22. The summed E-state index contributed by atoms with van der Waals surface area (Å²) < 4.78 is 5.07. The van der Waals surface area contributed by atoms with Crippen LogP contribution in [-0.2, 0) is 0 Å². The van der Waals surface area contributed by atoms with E-state index in [4.69, 9.17) is 10.5 Å². The van der Waals surface area contributed by atoms with Gasteiger partial charge in [-0.15, -0.1) is 0 Å². The molecule has 19 heavy (non-hydrogen) atoms. The van der Waals surface area contributed by atoms with Gasteiger partial charge in [0, 0.05) is 23.9 Å². The third kappa shape index (κ3) is 3.38. The van der Waals surface area contributed by atoms with Crippen LogP contribution in [0.15, 0.2) is 18.2 Å². The number of hydrogen-bond acceptors (Lipinski definition) is 4. The summed E-state index contributed by atoms with van der Waals surface area (Å²) >= 11 is 0. The number of benzene rings is 1. The van der Waals surface area contributed by atoms with Crippen LogP contribution >= 0.6 is 0 Å². The minimum absolute atomic E-state index is 0.245. The fourth-order valence-corrected chi connectivity index (χ4v) is 2.43. The van der Waals surface area contributed by atoms with Crippen LogP contribution in [0.4, 0.5) is 5.69 Å². The Kier molecular flexibility index (Phi) is 3.95. The molecule has 1 aromatic carbocycles. The zero-order chi connectivity index (χ0) is 13.9. The van der Waals surface area contributed by atoms with E-state index in [-0.39, 0.29) is 12.5 Å². The number of ether oxygens (including phenoxy) is 1. The van der Waals surface area contributed by atoms with Gasteiger partial charge in [-0.2, -0.15) is 0 Å². The van der Waals surface area contributed by atoms with Gasteiger partial charge < -0.3 is 20.9 Å². The SMILES string of the molecule is COc1cc(N)cc(C(=O)NCC2(O)CCCC2)c1. The lowest BCUT2D eigenvalue weighted by molar-refractivity contribution is 0.0449. The van der Waals surface area contributed by atoms with Gasteiger partial charge >= 0.3 is 0 Å². The molecule has 2 rings (SSSR count). The number of nitrogens with one attached hydrogen (secondary N) is 1. The molecule has 1 aliphatic carbocycles. The zero-order valence-electron chi connectivity index (χ0n) is 11.1. The monoisotopic (exact) mass is 264 g/mol. The van der Waals surface area contributed by atoms with Crippen LogP contribution in [0, 0.1) is 0 Å². The lowest BCUT2D eigenvalue weighted by atomic mass is 10.0. The maximum Gasteiger partial charge on any atom is 0.251 e. The van der Waals surface area contributed by atoms with Gasteiger partial charge in [0.1, 0.15) is 5.75 Å². The van der Waals surface area contributed by atoms with Crippen LogP contribution < -0.4 is 15.8 Å². The topological polar surface area (TPSA) is 84.6 Å². The largest absolute Gasteiger partial charge is 0.497 e. The number of nitrogen functional groups attached to an aromatic ring is 1. The first kappa shape index (κ1) is 13.7. The molecule has 5 heteroatoms. The molecule has 0 unspecified atom stereocenters. The predicted octanol–water partition coefficient (Wildman–Crippen LogP) is 1.31. The summed E-state index contributed by atoms with van der Waals surface area (Å²) in [5.41, 5.74) is 5.88. The Balaban J connectivity index is 2.01. The molecule has 1 amide bonds. The average Bonchev–Trinajstić information content (AvgIpc) is 2.82. The van der Waals surface area contributed by atoms with Gasteiger partial charge in [-0.25, -0.2) is 0 Å². The molecule has 0 radical (unpaired) electrons. The van der Waals surface area contributed by atoms with E-state index in [2.05, 4.69) is 5.32 Å². The molecule has 1 aliphatic rings. The summed E-state index contributed by atoms with van der Waals surface area (Å²) in [4.78, 5) is 12.0. The van der Waals surface area contributed by atoms with Crippen molar-refractivity contribution in [3.05, 3.63) is 23.8 Å². The summed E-state index contributed by atoms with van der Waals surface area (Å²) in [5, 5.41) is 12.9. The van der Waals surface area contributed by atoms with Crippen molar-refractivity contribution in [3.8, 4) is 5.75 Å². The van der Waals surface area contributed by atoms with E-state index in [1.54, 1.807) is 18.2 Å². The van der Waals surface area contributed by atoms with Gasteiger partial charge in [0.05, 0.1) is 12.7 Å². The Morgan fingerprint density at radius 1 is 1.42 bits per heavy atom. The quantitative estimate of drug-likeness (QED) is 0.716. The summed E-state index contributed by atoms with van der Waals surface area (Å²) in [6.45, 7) is 0.281. The third-order valence-electron chi connectivity index (χ3n) is 3.54. The second-order valence-corrected chi connectivity index (χ2v) is 5.11. The van der Waals surface area contributed by atoms with E-state index >= 15 is 0 Å². The van der Waals surface area contributed by atoms with Crippen molar-refractivity contribution < 1.29 is 14.6 Å². The summed E-state index contributed by atoms with van der Waals surface area (Å²) in [6.07, 6.45) is 3.51. The van der Waals surface area contributed by atoms with Crippen LogP contribution in [0.2, 0.25) is 0 Å². The number of carbonyl (C=O) groups is 1. The Labute approximate surface area is 112 Å². The highest BCUT2D eigenvalue weighted by Gasteiger charge is 2.31. The van der Waals surface area contributed by atoms with E-state index in [0.29, 0.717) is 17.0 Å². The van der Waals surface area contributed by atoms with Crippen molar-refractivity contribution in [2.24, 2.45) is 0 Å². The second-order valence-electron chi connectivity index (χ2n) is 5.11. The fraction of sp³-hybridized carbons (Fsp3) is 0.500. The number of hydrogen-bond donors (Lipinski definition) is 3. The number of amides is 1. The summed E-state index contributed by atoms with van der Waals surface area (Å²) in [7, 11) is 1.53. The molecule has 1 fully saturated rings. The van der Waals surface area contributed by atoms with Crippen molar-refractivity contribution >= 4 is 11.6 Å². The van der Waals surface area contributed by atoms with Gasteiger partial charge in [0.15, 0.2) is 0 Å². The molecule has 0 saturated heterocycles. The standard InChI is InChI=1S/C14H20N2O3/c1-19-12-7-10(6-11(15)8-12)13(17)16-9-14(18)4-2-3-5-14/h6-8,18H,2-5,9,15H2,1H3,(H,16,17). The van der Waals surface area contributed by atoms with Gasteiger partial charge in [-0.3, -0.25) is 4.79 Å². The third-order valence-corrected chi connectivity index (χ3v) is 3.54. The predicted molar refractivity (Wildman–Crippen MR) is 73.2 cm³/mol. The van der Waals surface area contributed by atoms with Gasteiger partial charge in [0.25, 0.3) is 5.91 Å². The van der Waals surface area contributed by atoms with Crippen LogP contribution in [0.3, 0.4) is 0 Å². The molecule has 1 saturated carbocycles. The number of nitrogens with two attached hydrogens (primary N) is 1. The minimum Gasteiger partial charge on any atom is -0.497 e. The smallest absolute Gasteiger partial charge is 0.251 e. The first-order valence-electron chi connectivity index (χ1n) is 6.48. The van der Waals surface area contributed by atoms with Crippen molar-refractivity contribution in [2.75, 3.05) is 19.4 Å². The maximum absolute atomic E-state index is 12.0. The molecule has 4 N–H and O–H groups in total. The molecule has 0 aliphatic heterocycles. The highest BCUT2D eigenvalue weighted by Crippen LogP contribution is 2.28. The Hall–Kier alpha value is -1.75. The molecule has 0 spiro atoms. The molecule has 104 valence electrons. The Morgan fingerprint density at radius 2 is 2.11 bits per heavy atom. The van der Waals surface area contributed by atoms with Gasteiger partial charge in [-0.05, 0) is 25.0 Å². The lowest BCUT2D eigenvalue weighted by Crippen LogP contribution is -2.40. The van der Waals surface area contributed by atoms with Crippen molar-refractivity contribution in [2.45, 2.75) is 31.3 Å². The van der Waals surface area contributed by atoms with E-state index in [1.807, 2.05) is 0 Å². The number of aliphatic hydroxyl groups is 1. The average molecular weight is 264 g/mol. The Bertz CT molecular complexity index is 468. The molecule has 0 aromatic heterocycles. The maximum atomic E-state index is 12.0. The van der Waals surface area contributed by atoms with E-state index in [9.17, 15) is 9.90 Å². The number of rotatable bonds is 4. The highest BCUT2D eigenvalue weighted by molar-refractivity contribution is 5.95. The van der Waals surface area contributed by atoms with Crippen molar-refractivity contribution in [1.82, 2.24) is 5.32 Å². The normalized spacial score (nSPS) is 17.2. The van der Waals surface area contributed by atoms with Gasteiger partial charge in [-0.1, -0.05) is 12.8 Å². The van der Waals surface area contributed by atoms with Crippen LogP contribution in [0.25, 0.3) is 0 Å². The number of anilines is 1. The molecule has 5 nitrogen and oxygen atoms in total. The summed E-state index contributed by atoms with van der Waals surface area (Å²) in [5.74, 6) is 0.302. The molecule has 0 bridgehead atoms. The minimum atomic E-state index is -0.750. The number of carbonyl (C=O) groups excluding carboxylic acids is 1. The molecule has 0 heterocycles. The first-order valence-corrected chi connectivity index (χ1v) is 6.48. The van der Waals surface area contributed by atoms with E-state index in [0.717, 1.165) is 25.7 Å². The molecular formula is C14H20N2O3. The van der Waals surface area contributed by atoms with E-state index < -0.39 is 5.60 Å². The zero-order valence-corrected chi connectivity index (χ0v) is 11.1. The summed E-state index contributed by atoms with van der Waals surface area (Å²) in [6, 6.07) is 4.88. The van der Waals surface area contributed by atoms with Gasteiger partial charge in [0.2, 0.25) is 0 Å². The number of methoxy groups -OCH3 is 1. The van der Waals surface area contributed by atoms with Crippen LogP contribution in [-0.4, -0.2) is 30.3 Å². The Morgan fingerprint density at radius 3 is 2.74 bits per heavy atom. The first-order chi connectivity index (χ1) is 9.02. The van der Waals surface area contributed by atoms with Crippen LogP contribution in [0.1, 0.15) is 36.0 Å². The van der Waals surface area contributed by atoms with E-state index in [1.165, 1.54) is 7.11 Å². The van der Waals surface area contributed by atoms with Crippen LogP contribution in [0.5, 0.6) is 5.75 Å². The molecular weight excluding hydrogens is 244 g/mol. The van der Waals surface area contributed by atoms with Crippen molar-refractivity contribution in [1.29, 1.82) is 0 Å². The second kappa shape index (κ2) is 5.48. The highest BCUT2D eigenvalue weighted by atomic mass is 16.5. The molecule has 1 aromatic rings. The van der Waals surface area contributed by atoms with Crippen molar-refractivity contribution in [3.63, 3.8) is 0 Å². The fourth-order valence-electron chi connectivity index (χ4n) is 2.43.